The Morgan fingerprint density at radius 1 is 1.11 bits per heavy atom. The molecule has 19 heavy (non-hydrogen) atoms. The highest BCUT2D eigenvalue weighted by molar-refractivity contribution is 5.30. The van der Waals surface area contributed by atoms with Crippen molar-refractivity contribution >= 4 is 5.95 Å². The minimum absolute atomic E-state index is 0.450. The molecule has 1 heterocycles. The molecule has 1 fully saturated rings. The van der Waals surface area contributed by atoms with Crippen LogP contribution >= 0.6 is 0 Å². The van der Waals surface area contributed by atoms with Crippen molar-refractivity contribution in [2.75, 3.05) is 5.32 Å². The molecular formula is C16H27N3. The maximum absolute atomic E-state index is 4.66. The SMILES string of the molecule is Cc1cc(C(C)C)nc(NC2CC(C)CC(C)C2)n1. The highest BCUT2D eigenvalue weighted by Gasteiger charge is 2.24. The van der Waals surface area contributed by atoms with E-state index in [0.29, 0.717) is 12.0 Å². The summed E-state index contributed by atoms with van der Waals surface area (Å²) in [7, 11) is 0. The fourth-order valence-electron chi connectivity index (χ4n) is 3.20. The van der Waals surface area contributed by atoms with E-state index >= 15 is 0 Å². The van der Waals surface area contributed by atoms with Gasteiger partial charge in [0.25, 0.3) is 0 Å². The summed E-state index contributed by atoms with van der Waals surface area (Å²) < 4.78 is 0. The number of hydrogen-bond acceptors (Lipinski definition) is 3. The normalized spacial score (nSPS) is 27.6. The topological polar surface area (TPSA) is 37.8 Å². The van der Waals surface area contributed by atoms with Gasteiger partial charge in [0, 0.05) is 17.4 Å². The number of hydrogen-bond donors (Lipinski definition) is 1. The molecular weight excluding hydrogens is 234 g/mol. The third-order valence-electron chi connectivity index (χ3n) is 3.98. The van der Waals surface area contributed by atoms with Crippen LogP contribution in [0.2, 0.25) is 0 Å². The van der Waals surface area contributed by atoms with E-state index in [-0.39, 0.29) is 0 Å². The zero-order valence-electron chi connectivity index (χ0n) is 12.9. The zero-order valence-corrected chi connectivity index (χ0v) is 12.9. The summed E-state index contributed by atoms with van der Waals surface area (Å²) in [5.41, 5.74) is 2.19. The molecule has 2 unspecified atom stereocenters. The van der Waals surface area contributed by atoms with Crippen LogP contribution in [0.25, 0.3) is 0 Å². The first kappa shape index (κ1) is 14.3. The predicted octanol–water partition coefficient (Wildman–Crippen LogP) is 4.15. The number of nitrogens with zero attached hydrogens (tertiary/aromatic N) is 2. The quantitative estimate of drug-likeness (QED) is 0.888. The summed E-state index contributed by atoms with van der Waals surface area (Å²) in [5.74, 6) is 2.87. The minimum atomic E-state index is 0.450. The van der Waals surface area contributed by atoms with Gasteiger partial charge in [0.15, 0.2) is 0 Å². The lowest BCUT2D eigenvalue weighted by molar-refractivity contribution is 0.280. The highest BCUT2D eigenvalue weighted by Crippen LogP contribution is 2.30. The maximum Gasteiger partial charge on any atom is 0.223 e. The number of anilines is 1. The molecule has 1 aliphatic rings. The molecule has 0 saturated heterocycles. The van der Waals surface area contributed by atoms with Crippen molar-refractivity contribution in [3.05, 3.63) is 17.5 Å². The van der Waals surface area contributed by atoms with Crippen LogP contribution in [0.3, 0.4) is 0 Å². The second-order valence-electron chi connectivity index (χ2n) is 6.67. The van der Waals surface area contributed by atoms with Gasteiger partial charge in [0.1, 0.15) is 0 Å². The second kappa shape index (κ2) is 5.89. The summed E-state index contributed by atoms with van der Waals surface area (Å²) in [6, 6.07) is 2.61. The number of aryl methyl sites for hydroxylation is 1. The molecule has 0 spiro atoms. The fraction of sp³-hybridized carbons (Fsp3) is 0.750. The summed E-state index contributed by atoms with van der Waals surface area (Å²) in [5, 5.41) is 3.56. The van der Waals surface area contributed by atoms with E-state index in [9.17, 15) is 0 Å². The Balaban J connectivity index is 2.10. The van der Waals surface area contributed by atoms with Crippen molar-refractivity contribution < 1.29 is 0 Å². The molecule has 0 bridgehead atoms. The van der Waals surface area contributed by atoms with Crippen molar-refractivity contribution in [1.82, 2.24) is 9.97 Å². The fourth-order valence-corrected chi connectivity index (χ4v) is 3.20. The Hall–Kier alpha value is -1.12. The maximum atomic E-state index is 4.66. The summed E-state index contributed by atoms with van der Waals surface area (Å²) in [4.78, 5) is 9.19. The average Bonchev–Trinajstić information content (AvgIpc) is 2.26. The third-order valence-corrected chi connectivity index (χ3v) is 3.98. The zero-order chi connectivity index (χ0) is 14.0. The lowest BCUT2D eigenvalue weighted by Crippen LogP contribution is -2.31. The number of rotatable bonds is 3. The molecule has 1 N–H and O–H groups in total. The smallest absolute Gasteiger partial charge is 0.223 e. The van der Waals surface area contributed by atoms with Gasteiger partial charge in [-0.05, 0) is 50.0 Å². The van der Waals surface area contributed by atoms with Gasteiger partial charge in [-0.15, -0.1) is 0 Å². The molecule has 106 valence electrons. The first-order valence-corrected chi connectivity index (χ1v) is 7.56. The van der Waals surface area contributed by atoms with E-state index in [0.717, 1.165) is 29.2 Å². The Morgan fingerprint density at radius 3 is 2.32 bits per heavy atom. The van der Waals surface area contributed by atoms with Crippen LogP contribution in [0.15, 0.2) is 6.07 Å². The highest BCUT2D eigenvalue weighted by atomic mass is 15.1. The van der Waals surface area contributed by atoms with Crippen molar-refractivity contribution in [3.63, 3.8) is 0 Å². The van der Waals surface area contributed by atoms with Gasteiger partial charge in [-0.1, -0.05) is 27.7 Å². The molecule has 3 nitrogen and oxygen atoms in total. The van der Waals surface area contributed by atoms with Crippen LogP contribution < -0.4 is 5.32 Å². The number of aromatic nitrogens is 2. The van der Waals surface area contributed by atoms with Crippen molar-refractivity contribution in [2.24, 2.45) is 11.8 Å². The van der Waals surface area contributed by atoms with Crippen LogP contribution in [-0.2, 0) is 0 Å². The molecule has 1 aromatic rings. The van der Waals surface area contributed by atoms with Crippen LogP contribution in [0.1, 0.15) is 64.3 Å². The van der Waals surface area contributed by atoms with E-state index in [2.05, 4.69) is 49.0 Å². The third kappa shape index (κ3) is 3.92. The molecule has 2 atom stereocenters. The van der Waals surface area contributed by atoms with Gasteiger partial charge in [-0.3, -0.25) is 0 Å². The Bertz CT molecular complexity index is 418. The van der Waals surface area contributed by atoms with Crippen LogP contribution in [0.5, 0.6) is 0 Å². The molecule has 3 heteroatoms. The predicted molar refractivity (Wildman–Crippen MR) is 80.4 cm³/mol. The van der Waals surface area contributed by atoms with Gasteiger partial charge >= 0.3 is 0 Å². The minimum Gasteiger partial charge on any atom is -0.351 e. The van der Waals surface area contributed by atoms with Crippen LogP contribution in [-0.4, -0.2) is 16.0 Å². The van der Waals surface area contributed by atoms with Gasteiger partial charge in [-0.25, -0.2) is 9.97 Å². The second-order valence-corrected chi connectivity index (χ2v) is 6.67. The van der Waals surface area contributed by atoms with E-state index in [1.165, 1.54) is 19.3 Å². The van der Waals surface area contributed by atoms with Crippen molar-refractivity contribution in [1.29, 1.82) is 0 Å². The van der Waals surface area contributed by atoms with Gasteiger partial charge in [0.2, 0.25) is 5.95 Å². The largest absolute Gasteiger partial charge is 0.351 e. The molecule has 1 saturated carbocycles. The molecule has 2 rings (SSSR count). The van der Waals surface area contributed by atoms with E-state index in [1.54, 1.807) is 0 Å². The van der Waals surface area contributed by atoms with Gasteiger partial charge in [0.05, 0.1) is 0 Å². The molecule has 1 aliphatic carbocycles. The lowest BCUT2D eigenvalue weighted by atomic mass is 9.80. The van der Waals surface area contributed by atoms with E-state index in [1.807, 2.05) is 6.92 Å². The number of nitrogens with one attached hydrogen (secondary N) is 1. The average molecular weight is 261 g/mol. The molecule has 0 amide bonds. The standard InChI is InChI=1S/C16H27N3/c1-10(2)15-9-13(5)17-16(19-15)18-14-7-11(3)6-12(4)8-14/h9-12,14H,6-8H2,1-5H3,(H,17,18,19). The van der Waals surface area contributed by atoms with Crippen molar-refractivity contribution in [3.8, 4) is 0 Å². The molecule has 0 aliphatic heterocycles. The summed E-state index contributed by atoms with van der Waals surface area (Å²) in [6.45, 7) is 11.1. The lowest BCUT2D eigenvalue weighted by Gasteiger charge is -2.32. The molecule has 0 aromatic carbocycles. The van der Waals surface area contributed by atoms with Crippen LogP contribution in [0, 0.1) is 18.8 Å². The monoisotopic (exact) mass is 261 g/mol. The van der Waals surface area contributed by atoms with Gasteiger partial charge in [-0.2, -0.15) is 0 Å². The van der Waals surface area contributed by atoms with Crippen LogP contribution in [0.4, 0.5) is 5.95 Å². The van der Waals surface area contributed by atoms with Gasteiger partial charge < -0.3 is 5.32 Å². The Morgan fingerprint density at radius 2 is 1.74 bits per heavy atom. The first-order valence-electron chi connectivity index (χ1n) is 7.56. The molecule has 1 aromatic heterocycles. The Kier molecular flexibility index (Phi) is 4.43. The summed E-state index contributed by atoms with van der Waals surface area (Å²) >= 11 is 0. The van der Waals surface area contributed by atoms with E-state index < -0.39 is 0 Å². The first-order chi connectivity index (χ1) is 8.94. The molecule has 0 radical (unpaired) electrons. The Labute approximate surface area is 117 Å². The van der Waals surface area contributed by atoms with Crippen molar-refractivity contribution in [2.45, 2.75) is 65.8 Å². The summed E-state index contributed by atoms with van der Waals surface area (Å²) in [6.07, 6.45) is 3.82. The van der Waals surface area contributed by atoms with E-state index in [4.69, 9.17) is 0 Å².